The molecule has 0 aromatic heterocycles. The van der Waals surface area contributed by atoms with Crippen molar-refractivity contribution < 1.29 is 14.6 Å². The summed E-state index contributed by atoms with van der Waals surface area (Å²) in [5, 5.41) is 16.7. The van der Waals surface area contributed by atoms with E-state index in [2.05, 4.69) is 10.6 Å². The molecule has 1 aliphatic heterocycles. The summed E-state index contributed by atoms with van der Waals surface area (Å²) in [6.07, 6.45) is 2.26. The van der Waals surface area contributed by atoms with Crippen LogP contribution in [0.4, 0.5) is 0 Å². The molecule has 0 spiro atoms. The second-order valence-corrected chi connectivity index (χ2v) is 6.95. The number of benzene rings is 2. The van der Waals surface area contributed by atoms with E-state index in [4.69, 9.17) is 4.74 Å². The lowest BCUT2D eigenvalue weighted by Gasteiger charge is -2.26. The van der Waals surface area contributed by atoms with Crippen molar-refractivity contribution in [1.82, 2.24) is 10.6 Å². The normalized spacial score (nSPS) is 20.2. The largest absolute Gasteiger partial charge is 0.457 e. The van der Waals surface area contributed by atoms with Crippen LogP contribution in [0.15, 0.2) is 48.5 Å². The van der Waals surface area contributed by atoms with Crippen LogP contribution in [-0.2, 0) is 0 Å². The van der Waals surface area contributed by atoms with Gasteiger partial charge in [-0.1, -0.05) is 12.1 Å². The van der Waals surface area contributed by atoms with E-state index in [1.807, 2.05) is 31.2 Å². The first kappa shape index (κ1) is 18.4. The molecule has 3 N–H and O–H groups in total. The summed E-state index contributed by atoms with van der Waals surface area (Å²) in [6, 6.07) is 14.8. The van der Waals surface area contributed by atoms with Crippen LogP contribution < -0.4 is 15.4 Å². The molecule has 1 atom stereocenters. The topological polar surface area (TPSA) is 70.6 Å². The summed E-state index contributed by atoms with van der Waals surface area (Å²) in [7, 11) is 0. The average Bonchev–Trinajstić information content (AvgIpc) is 2.85. The number of hydrogen-bond donors (Lipinski definition) is 3. The number of hydrogen-bond acceptors (Lipinski definition) is 4. The third kappa shape index (κ3) is 5.07. The zero-order valence-electron chi connectivity index (χ0n) is 15.1. The first-order valence-electron chi connectivity index (χ1n) is 9.10. The molecule has 1 saturated heterocycles. The number of carbonyl (C=O) groups excluding carboxylic acids is 1. The first-order chi connectivity index (χ1) is 12.5. The Labute approximate surface area is 154 Å². The van der Waals surface area contributed by atoms with E-state index < -0.39 is 5.60 Å². The molecule has 1 fully saturated rings. The van der Waals surface area contributed by atoms with E-state index in [1.54, 1.807) is 24.3 Å². The second-order valence-electron chi connectivity index (χ2n) is 6.95. The Morgan fingerprint density at radius 2 is 1.96 bits per heavy atom. The minimum Gasteiger partial charge on any atom is -0.457 e. The molecule has 3 rings (SSSR count). The fourth-order valence-corrected chi connectivity index (χ4v) is 3.13. The maximum atomic E-state index is 12.4. The summed E-state index contributed by atoms with van der Waals surface area (Å²) >= 11 is 0. The number of aryl methyl sites for hydroxylation is 1. The first-order valence-corrected chi connectivity index (χ1v) is 9.10. The maximum Gasteiger partial charge on any atom is 0.251 e. The zero-order valence-corrected chi connectivity index (χ0v) is 15.1. The van der Waals surface area contributed by atoms with Gasteiger partial charge in [0.2, 0.25) is 0 Å². The Bertz CT molecular complexity index is 735. The number of ether oxygens (including phenoxy) is 1. The van der Waals surface area contributed by atoms with Gasteiger partial charge in [-0.05, 0) is 81.2 Å². The quantitative estimate of drug-likeness (QED) is 0.772. The molecular formula is C21H26N2O3. The monoisotopic (exact) mass is 354 g/mol. The Kier molecular flexibility index (Phi) is 5.91. The van der Waals surface area contributed by atoms with Gasteiger partial charge in [-0.2, -0.15) is 0 Å². The summed E-state index contributed by atoms with van der Waals surface area (Å²) in [4.78, 5) is 12.4. The summed E-state index contributed by atoms with van der Waals surface area (Å²) in [5.41, 5.74) is 0.856. The molecule has 1 aliphatic rings. The van der Waals surface area contributed by atoms with Gasteiger partial charge in [-0.15, -0.1) is 0 Å². The van der Waals surface area contributed by atoms with Crippen LogP contribution in [0.1, 0.15) is 35.2 Å². The van der Waals surface area contributed by atoms with Gasteiger partial charge in [0.1, 0.15) is 11.5 Å². The number of carbonyl (C=O) groups is 1. The minimum absolute atomic E-state index is 0.183. The highest BCUT2D eigenvalue weighted by Gasteiger charge is 2.28. The van der Waals surface area contributed by atoms with Crippen molar-refractivity contribution in [3.8, 4) is 11.5 Å². The van der Waals surface area contributed by atoms with E-state index in [-0.39, 0.29) is 12.5 Å². The van der Waals surface area contributed by atoms with Crippen LogP contribution in [0.2, 0.25) is 0 Å². The number of nitrogens with one attached hydrogen (secondary N) is 2. The molecule has 1 unspecified atom stereocenters. The van der Waals surface area contributed by atoms with Crippen LogP contribution in [0, 0.1) is 6.92 Å². The van der Waals surface area contributed by atoms with Gasteiger partial charge in [-0.3, -0.25) is 4.79 Å². The lowest BCUT2D eigenvalue weighted by Crippen LogP contribution is -2.43. The third-order valence-corrected chi connectivity index (χ3v) is 4.68. The van der Waals surface area contributed by atoms with Crippen LogP contribution in [0.5, 0.6) is 11.5 Å². The van der Waals surface area contributed by atoms with Crippen molar-refractivity contribution in [2.75, 3.05) is 19.6 Å². The Morgan fingerprint density at radius 1 is 1.15 bits per heavy atom. The van der Waals surface area contributed by atoms with E-state index in [0.717, 1.165) is 30.8 Å². The van der Waals surface area contributed by atoms with E-state index in [9.17, 15) is 9.90 Å². The fourth-order valence-electron chi connectivity index (χ4n) is 3.13. The molecule has 5 heteroatoms. The lowest BCUT2D eigenvalue weighted by molar-refractivity contribution is 0.0276. The van der Waals surface area contributed by atoms with Crippen molar-refractivity contribution in [2.24, 2.45) is 0 Å². The molecular weight excluding hydrogens is 328 g/mol. The lowest BCUT2D eigenvalue weighted by atomic mass is 9.95. The van der Waals surface area contributed by atoms with Gasteiger partial charge in [0, 0.05) is 12.1 Å². The van der Waals surface area contributed by atoms with Crippen LogP contribution in [0.25, 0.3) is 0 Å². The zero-order chi connectivity index (χ0) is 18.4. The Morgan fingerprint density at radius 3 is 2.73 bits per heavy atom. The summed E-state index contributed by atoms with van der Waals surface area (Å²) < 4.78 is 5.80. The van der Waals surface area contributed by atoms with Gasteiger partial charge < -0.3 is 20.5 Å². The highest BCUT2D eigenvalue weighted by Crippen LogP contribution is 2.23. The number of amides is 1. The SMILES string of the molecule is Cc1cccc(Oc2ccc(C(=O)NCC3(O)CCCNCC3)cc2)c1. The third-order valence-electron chi connectivity index (χ3n) is 4.68. The molecule has 26 heavy (non-hydrogen) atoms. The highest BCUT2D eigenvalue weighted by atomic mass is 16.5. The Hall–Kier alpha value is -2.37. The van der Waals surface area contributed by atoms with Gasteiger partial charge in [0.05, 0.1) is 5.60 Å². The van der Waals surface area contributed by atoms with Crippen molar-refractivity contribution >= 4 is 5.91 Å². The standard InChI is InChI=1S/C21H26N2O3/c1-16-4-2-5-19(14-16)26-18-8-6-17(7-9-18)20(24)23-15-21(25)10-3-12-22-13-11-21/h2,4-9,14,22,25H,3,10-13,15H2,1H3,(H,23,24). The predicted molar refractivity (Wildman–Crippen MR) is 102 cm³/mol. The molecule has 5 nitrogen and oxygen atoms in total. The molecule has 0 bridgehead atoms. The molecule has 2 aromatic rings. The van der Waals surface area contributed by atoms with Gasteiger partial charge in [-0.25, -0.2) is 0 Å². The maximum absolute atomic E-state index is 12.4. The average molecular weight is 354 g/mol. The van der Waals surface area contributed by atoms with Crippen molar-refractivity contribution in [3.05, 3.63) is 59.7 Å². The van der Waals surface area contributed by atoms with Gasteiger partial charge >= 0.3 is 0 Å². The molecule has 2 aromatic carbocycles. The fraction of sp³-hybridized carbons (Fsp3) is 0.381. The second kappa shape index (κ2) is 8.34. The smallest absolute Gasteiger partial charge is 0.251 e. The Balaban J connectivity index is 1.56. The van der Waals surface area contributed by atoms with E-state index in [0.29, 0.717) is 24.2 Å². The van der Waals surface area contributed by atoms with E-state index >= 15 is 0 Å². The molecule has 1 amide bonds. The number of rotatable bonds is 5. The summed E-state index contributed by atoms with van der Waals surface area (Å²) in [6.45, 7) is 3.98. The van der Waals surface area contributed by atoms with Crippen LogP contribution in [-0.4, -0.2) is 36.2 Å². The van der Waals surface area contributed by atoms with Crippen LogP contribution >= 0.6 is 0 Å². The van der Waals surface area contributed by atoms with Crippen molar-refractivity contribution in [3.63, 3.8) is 0 Å². The molecule has 1 heterocycles. The summed E-state index contributed by atoms with van der Waals surface area (Å²) in [5.74, 6) is 1.27. The number of aliphatic hydroxyl groups is 1. The minimum atomic E-state index is -0.826. The molecule has 0 aliphatic carbocycles. The van der Waals surface area contributed by atoms with Gasteiger partial charge in [0.25, 0.3) is 5.91 Å². The van der Waals surface area contributed by atoms with Crippen molar-refractivity contribution in [2.45, 2.75) is 31.8 Å². The predicted octanol–water partition coefficient (Wildman–Crippen LogP) is 3.02. The highest BCUT2D eigenvalue weighted by molar-refractivity contribution is 5.94. The van der Waals surface area contributed by atoms with Gasteiger partial charge in [0.15, 0.2) is 0 Å². The van der Waals surface area contributed by atoms with Crippen LogP contribution in [0.3, 0.4) is 0 Å². The van der Waals surface area contributed by atoms with Crippen molar-refractivity contribution in [1.29, 1.82) is 0 Å². The molecule has 0 radical (unpaired) electrons. The van der Waals surface area contributed by atoms with E-state index in [1.165, 1.54) is 0 Å². The molecule has 138 valence electrons. The molecule has 0 saturated carbocycles.